The van der Waals surface area contributed by atoms with Crippen molar-refractivity contribution < 1.29 is 4.79 Å². The number of carbonyl (C=O) groups is 1. The summed E-state index contributed by atoms with van der Waals surface area (Å²) < 4.78 is 0. The Labute approximate surface area is 97.2 Å². The number of rotatable bonds is 5. The average molecular weight is 222 g/mol. The lowest BCUT2D eigenvalue weighted by Gasteiger charge is -2.17. The van der Waals surface area contributed by atoms with E-state index in [2.05, 4.69) is 5.32 Å². The quantitative estimate of drug-likeness (QED) is 0.736. The molecule has 3 heteroatoms. The molecule has 1 amide bonds. The molecular formula is C13H22N2O. The molecule has 0 saturated heterocycles. The molecular weight excluding hydrogens is 200 g/mol. The van der Waals surface area contributed by atoms with E-state index in [1.165, 1.54) is 19.3 Å². The van der Waals surface area contributed by atoms with Crippen molar-refractivity contribution in [2.75, 3.05) is 13.1 Å². The van der Waals surface area contributed by atoms with Crippen LogP contribution in [0.3, 0.4) is 0 Å². The fourth-order valence-corrected chi connectivity index (χ4v) is 3.35. The first-order valence-corrected chi connectivity index (χ1v) is 6.70. The normalized spacial score (nSPS) is 37.9. The van der Waals surface area contributed by atoms with E-state index in [9.17, 15) is 4.79 Å². The van der Waals surface area contributed by atoms with Crippen LogP contribution in [0.4, 0.5) is 0 Å². The molecule has 0 aromatic rings. The second kappa shape index (κ2) is 3.73. The van der Waals surface area contributed by atoms with Crippen molar-refractivity contribution in [1.29, 1.82) is 0 Å². The van der Waals surface area contributed by atoms with Gasteiger partial charge in [0.15, 0.2) is 0 Å². The molecule has 0 aliphatic heterocycles. The van der Waals surface area contributed by atoms with Crippen molar-refractivity contribution in [1.82, 2.24) is 5.32 Å². The summed E-state index contributed by atoms with van der Waals surface area (Å²) in [6, 6.07) is 0. The molecule has 2 atom stereocenters. The summed E-state index contributed by atoms with van der Waals surface area (Å²) in [5, 5.41) is 3.16. The molecule has 0 aromatic heterocycles. The first-order valence-electron chi connectivity index (χ1n) is 6.70. The summed E-state index contributed by atoms with van der Waals surface area (Å²) >= 11 is 0. The highest BCUT2D eigenvalue weighted by molar-refractivity contribution is 5.79. The Balaban J connectivity index is 1.43. The van der Waals surface area contributed by atoms with E-state index in [-0.39, 0.29) is 0 Å². The zero-order valence-electron chi connectivity index (χ0n) is 9.87. The zero-order chi connectivity index (χ0) is 11.2. The Morgan fingerprint density at radius 2 is 1.94 bits per heavy atom. The maximum absolute atomic E-state index is 11.9. The Hall–Kier alpha value is -0.570. The lowest BCUT2D eigenvalue weighted by Crippen LogP contribution is -2.35. The lowest BCUT2D eigenvalue weighted by molar-refractivity contribution is -0.125. The topological polar surface area (TPSA) is 55.1 Å². The standard InChI is InChI=1S/C13H22N2O/c14-4-3-13(1-2-13)8-15-12(16)11-6-9-5-10(9)7-11/h9-11H,1-8,14H2,(H,15,16). The average Bonchev–Trinajstić information content (AvgIpc) is 3.18. The van der Waals surface area contributed by atoms with E-state index in [1.807, 2.05) is 0 Å². The van der Waals surface area contributed by atoms with E-state index in [1.54, 1.807) is 0 Å². The molecule has 0 aromatic carbocycles. The maximum Gasteiger partial charge on any atom is 0.223 e. The van der Waals surface area contributed by atoms with Gasteiger partial charge in [0.2, 0.25) is 5.91 Å². The molecule has 3 rings (SSSR count). The smallest absolute Gasteiger partial charge is 0.223 e. The van der Waals surface area contributed by atoms with Gasteiger partial charge in [0.05, 0.1) is 0 Å². The van der Waals surface area contributed by atoms with Gasteiger partial charge in [0, 0.05) is 12.5 Å². The van der Waals surface area contributed by atoms with Crippen LogP contribution in [0, 0.1) is 23.2 Å². The fraction of sp³-hybridized carbons (Fsp3) is 0.923. The van der Waals surface area contributed by atoms with Crippen LogP contribution >= 0.6 is 0 Å². The Morgan fingerprint density at radius 1 is 1.25 bits per heavy atom. The van der Waals surface area contributed by atoms with E-state index in [0.29, 0.717) is 17.2 Å². The van der Waals surface area contributed by atoms with Gasteiger partial charge < -0.3 is 11.1 Å². The minimum absolute atomic E-state index is 0.315. The Bertz CT molecular complexity index is 288. The summed E-state index contributed by atoms with van der Waals surface area (Å²) in [4.78, 5) is 11.9. The van der Waals surface area contributed by atoms with Gasteiger partial charge in [-0.3, -0.25) is 4.79 Å². The Kier molecular flexibility index (Phi) is 2.46. The molecule has 3 fully saturated rings. The maximum atomic E-state index is 11.9. The van der Waals surface area contributed by atoms with Crippen molar-refractivity contribution in [2.45, 2.75) is 38.5 Å². The van der Waals surface area contributed by atoms with Crippen LogP contribution in [0.5, 0.6) is 0 Å². The Morgan fingerprint density at radius 3 is 2.50 bits per heavy atom. The van der Waals surface area contributed by atoms with Crippen LogP contribution in [0.2, 0.25) is 0 Å². The molecule has 0 bridgehead atoms. The molecule has 3 N–H and O–H groups in total. The van der Waals surface area contributed by atoms with Crippen LogP contribution in [0.25, 0.3) is 0 Å². The molecule has 16 heavy (non-hydrogen) atoms. The van der Waals surface area contributed by atoms with Crippen LogP contribution in [-0.2, 0) is 4.79 Å². The highest BCUT2D eigenvalue weighted by Gasteiger charge is 2.48. The molecule has 0 heterocycles. The van der Waals surface area contributed by atoms with Gasteiger partial charge in [-0.05, 0) is 62.3 Å². The molecule has 3 saturated carbocycles. The van der Waals surface area contributed by atoms with Crippen molar-refractivity contribution in [2.24, 2.45) is 28.9 Å². The molecule has 90 valence electrons. The van der Waals surface area contributed by atoms with Gasteiger partial charge in [0.25, 0.3) is 0 Å². The molecule has 2 unspecified atom stereocenters. The van der Waals surface area contributed by atoms with Crippen LogP contribution in [0.1, 0.15) is 38.5 Å². The number of nitrogens with one attached hydrogen (secondary N) is 1. The minimum Gasteiger partial charge on any atom is -0.355 e. The van der Waals surface area contributed by atoms with Crippen LogP contribution in [0.15, 0.2) is 0 Å². The van der Waals surface area contributed by atoms with Gasteiger partial charge in [-0.15, -0.1) is 0 Å². The molecule has 3 aliphatic carbocycles. The van der Waals surface area contributed by atoms with Crippen molar-refractivity contribution in [3.8, 4) is 0 Å². The van der Waals surface area contributed by atoms with Crippen molar-refractivity contribution in [3.63, 3.8) is 0 Å². The second-order valence-corrected chi connectivity index (χ2v) is 6.18. The van der Waals surface area contributed by atoms with Gasteiger partial charge in [-0.1, -0.05) is 0 Å². The summed E-state index contributed by atoms with van der Waals surface area (Å²) in [6.45, 7) is 1.62. The first kappa shape index (κ1) is 10.6. The largest absolute Gasteiger partial charge is 0.355 e. The van der Waals surface area contributed by atoms with Crippen molar-refractivity contribution >= 4 is 5.91 Å². The van der Waals surface area contributed by atoms with Crippen molar-refractivity contribution in [3.05, 3.63) is 0 Å². The molecule has 0 radical (unpaired) electrons. The molecule has 3 aliphatic rings. The van der Waals surface area contributed by atoms with Gasteiger partial charge in [-0.2, -0.15) is 0 Å². The second-order valence-electron chi connectivity index (χ2n) is 6.18. The van der Waals surface area contributed by atoms with E-state index in [4.69, 9.17) is 5.73 Å². The number of amides is 1. The summed E-state index contributed by atoms with van der Waals surface area (Å²) in [6.07, 6.45) is 7.27. The van der Waals surface area contributed by atoms with Crippen LogP contribution < -0.4 is 11.1 Å². The number of carbonyl (C=O) groups excluding carboxylic acids is 1. The van der Waals surface area contributed by atoms with Crippen LogP contribution in [-0.4, -0.2) is 19.0 Å². The van der Waals surface area contributed by atoms with E-state index < -0.39 is 0 Å². The third-order valence-corrected chi connectivity index (χ3v) is 4.88. The number of hydrogen-bond donors (Lipinski definition) is 2. The number of hydrogen-bond acceptors (Lipinski definition) is 2. The van der Waals surface area contributed by atoms with Gasteiger partial charge in [0.1, 0.15) is 0 Å². The third kappa shape index (κ3) is 1.97. The van der Waals surface area contributed by atoms with Gasteiger partial charge in [-0.25, -0.2) is 0 Å². The zero-order valence-corrected chi connectivity index (χ0v) is 9.87. The summed E-state index contributed by atoms with van der Waals surface area (Å²) in [7, 11) is 0. The number of fused-ring (bicyclic) bond motifs is 1. The number of nitrogens with two attached hydrogens (primary N) is 1. The predicted molar refractivity (Wildman–Crippen MR) is 62.7 cm³/mol. The predicted octanol–water partition coefficient (Wildman–Crippen LogP) is 1.28. The molecule has 0 spiro atoms. The lowest BCUT2D eigenvalue weighted by atomic mass is 10.00. The molecule has 3 nitrogen and oxygen atoms in total. The highest BCUT2D eigenvalue weighted by atomic mass is 16.1. The monoisotopic (exact) mass is 222 g/mol. The minimum atomic E-state index is 0.315. The van der Waals surface area contributed by atoms with E-state index >= 15 is 0 Å². The first-order chi connectivity index (χ1) is 7.72. The summed E-state index contributed by atoms with van der Waals surface area (Å²) in [5.74, 6) is 2.44. The fourth-order valence-electron chi connectivity index (χ4n) is 3.35. The third-order valence-electron chi connectivity index (χ3n) is 4.88. The SMILES string of the molecule is NCCC1(CNC(=O)C2CC3CC3C2)CC1. The highest BCUT2D eigenvalue weighted by Crippen LogP contribution is 2.54. The van der Waals surface area contributed by atoms with E-state index in [0.717, 1.165) is 44.2 Å². The summed E-state index contributed by atoms with van der Waals surface area (Å²) in [5.41, 5.74) is 5.98. The van der Waals surface area contributed by atoms with Gasteiger partial charge >= 0.3 is 0 Å².